The smallest absolute Gasteiger partial charge is 0.338 e. The molecular weight excluding hydrogens is 266 g/mol. The number of rotatable bonds is 3. The second-order valence-corrected chi connectivity index (χ2v) is 5.41. The van der Waals surface area contributed by atoms with Gasteiger partial charge in [-0.2, -0.15) is 0 Å². The monoisotopic (exact) mass is 271 g/mol. The minimum atomic E-state index is -1.02. The fourth-order valence-corrected chi connectivity index (χ4v) is 3.20. The molecule has 0 aliphatic rings. The van der Waals surface area contributed by atoms with Crippen LogP contribution >= 0.6 is 34.7 Å². The Balaban J connectivity index is 2.40. The molecule has 2 aromatic rings. The Morgan fingerprint density at radius 1 is 1.50 bits per heavy atom. The summed E-state index contributed by atoms with van der Waals surface area (Å²) in [5.74, 6) is -1.02. The van der Waals surface area contributed by atoms with Crippen molar-refractivity contribution in [3.05, 3.63) is 40.4 Å². The van der Waals surface area contributed by atoms with Crippen LogP contribution in [0.1, 0.15) is 10.4 Å². The van der Waals surface area contributed by atoms with Crippen molar-refractivity contribution < 1.29 is 9.90 Å². The maximum atomic E-state index is 11.1. The molecule has 1 heterocycles. The highest BCUT2D eigenvalue weighted by Gasteiger charge is 2.15. The molecule has 0 saturated heterocycles. The lowest BCUT2D eigenvalue weighted by atomic mass is 10.2. The minimum Gasteiger partial charge on any atom is -0.478 e. The average Bonchev–Trinajstić information content (AvgIpc) is 2.70. The second kappa shape index (κ2) is 4.86. The number of carboxylic acid groups (broad SMARTS) is 1. The van der Waals surface area contributed by atoms with Gasteiger partial charge >= 0.3 is 5.97 Å². The van der Waals surface area contributed by atoms with E-state index in [0.717, 1.165) is 4.34 Å². The van der Waals surface area contributed by atoms with Crippen molar-refractivity contribution in [3.63, 3.8) is 0 Å². The van der Waals surface area contributed by atoms with E-state index in [1.807, 2.05) is 5.38 Å². The van der Waals surface area contributed by atoms with Crippen molar-refractivity contribution in [2.45, 2.75) is 9.24 Å². The molecule has 0 aliphatic heterocycles. The fourth-order valence-electron chi connectivity index (χ4n) is 1.15. The summed E-state index contributed by atoms with van der Waals surface area (Å²) in [7, 11) is 0. The summed E-state index contributed by atoms with van der Waals surface area (Å²) in [6.45, 7) is 0. The van der Waals surface area contributed by atoms with Gasteiger partial charge in [0.25, 0.3) is 0 Å². The topological polar surface area (TPSA) is 50.2 Å². The van der Waals surface area contributed by atoms with Crippen molar-refractivity contribution in [1.29, 1.82) is 0 Å². The molecule has 82 valence electrons. The molecule has 3 nitrogen and oxygen atoms in total. The lowest BCUT2D eigenvalue weighted by molar-refractivity contribution is 0.0693. The molecule has 0 fully saturated rings. The molecule has 1 N–H and O–H groups in total. The lowest BCUT2D eigenvalue weighted by Crippen LogP contribution is -1.99. The van der Waals surface area contributed by atoms with Gasteiger partial charge < -0.3 is 5.11 Å². The van der Waals surface area contributed by atoms with Crippen LogP contribution < -0.4 is 0 Å². The van der Waals surface area contributed by atoms with E-state index in [2.05, 4.69) is 4.98 Å². The van der Waals surface area contributed by atoms with Gasteiger partial charge in [0.2, 0.25) is 0 Å². The number of aromatic carboxylic acids is 1. The third-order valence-electron chi connectivity index (χ3n) is 1.80. The van der Waals surface area contributed by atoms with E-state index in [1.54, 1.807) is 24.4 Å². The number of benzene rings is 1. The molecule has 1 aromatic heterocycles. The molecule has 0 unspecified atom stereocenters. The Morgan fingerprint density at radius 3 is 2.94 bits per heavy atom. The van der Waals surface area contributed by atoms with Gasteiger partial charge in [-0.1, -0.05) is 29.4 Å². The van der Waals surface area contributed by atoms with Gasteiger partial charge in [0, 0.05) is 16.5 Å². The van der Waals surface area contributed by atoms with Crippen LogP contribution in [0.3, 0.4) is 0 Å². The number of halogens is 1. The molecule has 0 saturated carbocycles. The van der Waals surface area contributed by atoms with Crippen molar-refractivity contribution >= 4 is 40.7 Å². The van der Waals surface area contributed by atoms with Crippen LogP contribution in [-0.2, 0) is 0 Å². The Morgan fingerprint density at radius 2 is 2.31 bits per heavy atom. The first kappa shape index (κ1) is 11.4. The maximum absolute atomic E-state index is 11.1. The van der Waals surface area contributed by atoms with Crippen LogP contribution in [0.2, 0.25) is 5.02 Å². The minimum absolute atomic E-state index is 0.129. The lowest BCUT2D eigenvalue weighted by Gasteiger charge is -2.04. The van der Waals surface area contributed by atoms with Crippen LogP contribution in [0.4, 0.5) is 0 Å². The number of aromatic nitrogens is 1. The molecule has 0 aliphatic carbocycles. The van der Waals surface area contributed by atoms with Crippen LogP contribution in [0.5, 0.6) is 0 Å². The molecule has 2 rings (SSSR count). The summed E-state index contributed by atoms with van der Waals surface area (Å²) in [6.07, 6.45) is 1.68. The highest BCUT2D eigenvalue weighted by atomic mass is 35.5. The highest BCUT2D eigenvalue weighted by Crippen LogP contribution is 2.34. The zero-order valence-electron chi connectivity index (χ0n) is 7.88. The van der Waals surface area contributed by atoms with Gasteiger partial charge in [-0.3, -0.25) is 0 Å². The number of nitrogens with zero attached hydrogens (tertiary/aromatic N) is 1. The average molecular weight is 272 g/mol. The van der Waals surface area contributed by atoms with Gasteiger partial charge in [-0.25, -0.2) is 9.78 Å². The number of hydrogen-bond donors (Lipinski definition) is 1. The predicted octanol–water partition coefficient (Wildman–Crippen LogP) is 3.65. The van der Waals surface area contributed by atoms with Gasteiger partial charge in [0.05, 0.1) is 10.6 Å². The summed E-state index contributed by atoms with van der Waals surface area (Å²) in [6, 6.07) is 5.02. The second-order valence-electron chi connectivity index (χ2n) is 2.82. The molecule has 0 spiro atoms. The van der Waals surface area contributed by atoms with Crippen molar-refractivity contribution in [3.8, 4) is 0 Å². The molecule has 0 bridgehead atoms. The van der Waals surface area contributed by atoms with E-state index in [0.29, 0.717) is 4.90 Å². The number of carboxylic acids is 1. The number of thiazole rings is 1. The maximum Gasteiger partial charge on any atom is 0.338 e. The first-order valence-electron chi connectivity index (χ1n) is 4.27. The largest absolute Gasteiger partial charge is 0.478 e. The zero-order chi connectivity index (χ0) is 11.5. The summed E-state index contributed by atoms with van der Waals surface area (Å²) < 4.78 is 0.796. The SMILES string of the molecule is O=C(O)c1c(Cl)cccc1Sc1nccs1. The van der Waals surface area contributed by atoms with Crippen molar-refractivity contribution in [2.24, 2.45) is 0 Å². The van der Waals surface area contributed by atoms with Crippen LogP contribution in [0.15, 0.2) is 39.0 Å². The van der Waals surface area contributed by atoms with E-state index in [9.17, 15) is 4.79 Å². The number of hydrogen-bond acceptors (Lipinski definition) is 4. The molecule has 1 aromatic carbocycles. The van der Waals surface area contributed by atoms with Crippen molar-refractivity contribution in [1.82, 2.24) is 4.98 Å². The summed E-state index contributed by atoms with van der Waals surface area (Å²) in [4.78, 5) is 15.7. The van der Waals surface area contributed by atoms with E-state index in [-0.39, 0.29) is 10.6 Å². The van der Waals surface area contributed by atoms with Gasteiger partial charge in [0.15, 0.2) is 4.34 Å². The Kier molecular flexibility index (Phi) is 3.48. The quantitative estimate of drug-likeness (QED) is 0.926. The molecule has 6 heteroatoms. The Bertz CT molecular complexity index is 514. The molecule has 16 heavy (non-hydrogen) atoms. The molecule has 0 radical (unpaired) electrons. The van der Waals surface area contributed by atoms with E-state index < -0.39 is 5.97 Å². The van der Waals surface area contributed by atoms with Crippen molar-refractivity contribution in [2.75, 3.05) is 0 Å². The highest BCUT2D eigenvalue weighted by molar-refractivity contribution is 8.01. The van der Waals surface area contributed by atoms with Crippen LogP contribution in [-0.4, -0.2) is 16.1 Å². The van der Waals surface area contributed by atoms with Crippen LogP contribution in [0.25, 0.3) is 0 Å². The normalized spacial score (nSPS) is 10.3. The third kappa shape index (κ3) is 2.37. The third-order valence-corrected chi connectivity index (χ3v) is 4.05. The molecule has 0 amide bonds. The first-order valence-corrected chi connectivity index (χ1v) is 6.35. The summed E-state index contributed by atoms with van der Waals surface area (Å²) >= 11 is 8.62. The van der Waals surface area contributed by atoms with Gasteiger partial charge in [-0.05, 0) is 12.1 Å². The number of carbonyl (C=O) groups is 1. The molecule has 0 atom stereocenters. The fraction of sp³-hybridized carbons (Fsp3) is 0. The predicted molar refractivity (Wildman–Crippen MR) is 64.6 cm³/mol. The van der Waals surface area contributed by atoms with E-state index in [4.69, 9.17) is 16.7 Å². The Hall–Kier alpha value is -1.04. The molecular formula is C10H6ClNO2S2. The first-order chi connectivity index (χ1) is 7.68. The van der Waals surface area contributed by atoms with E-state index >= 15 is 0 Å². The standard InChI is InChI=1S/C10H6ClNO2S2/c11-6-2-1-3-7(8(6)9(13)14)16-10-12-4-5-15-10/h1-5H,(H,13,14). The Labute approximate surface area is 105 Å². The zero-order valence-corrected chi connectivity index (χ0v) is 10.3. The van der Waals surface area contributed by atoms with Gasteiger partial charge in [0.1, 0.15) is 0 Å². The van der Waals surface area contributed by atoms with E-state index in [1.165, 1.54) is 23.1 Å². The van der Waals surface area contributed by atoms with Crippen LogP contribution in [0, 0.1) is 0 Å². The van der Waals surface area contributed by atoms with Gasteiger partial charge in [-0.15, -0.1) is 11.3 Å². The summed E-state index contributed by atoms with van der Waals surface area (Å²) in [5, 5.41) is 11.1. The summed E-state index contributed by atoms with van der Waals surface area (Å²) in [5.41, 5.74) is 0.129.